The zero-order valence-electron chi connectivity index (χ0n) is 17.9. The summed E-state index contributed by atoms with van der Waals surface area (Å²) in [6.45, 7) is 3.71. The van der Waals surface area contributed by atoms with Gasteiger partial charge in [-0.15, -0.1) is 0 Å². The van der Waals surface area contributed by atoms with E-state index in [-0.39, 0.29) is 5.82 Å². The smallest absolute Gasteiger partial charge is 0.129 e. The van der Waals surface area contributed by atoms with Crippen molar-refractivity contribution >= 4 is 11.8 Å². The number of oxime groups is 1. The van der Waals surface area contributed by atoms with E-state index in [1.165, 1.54) is 69.1 Å². The number of nitrogens with zero attached hydrogens (tertiary/aromatic N) is 2. The van der Waals surface area contributed by atoms with Gasteiger partial charge in [-0.1, -0.05) is 56.3 Å². The predicted molar refractivity (Wildman–Crippen MR) is 117 cm³/mol. The minimum Gasteiger partial charge on any atom is -0.394 e. The van der Waals surface area contributed by atoms with Crippen LogP contribution in [0, 0.1) is 11.7 Å². The number of rotatable bonds is 11. The molecular weight excluding hydrogens is 351 g/mol. The zero-order valence-corrected chi connectivity index (χ0v) is 17.9. The molecule has 0 heterocycles. The van der Waals surface area contributed by atoms with E-state index in [4.69, 9.17) is 4.84 Å². The molecule has 1 unspecified atom stereocenters. The minimum atomic E-state index is -0.198. The minimum absolute atomic E-state index is 0.198. The summed E-state index contributed by atoms with van der Waals surface area (Å²) in [5.74, 6) is 0.276. The monoisotopic (exact) mass is 388 g/mol. The average Bonchev–Trinajstić information content (AvgIpc) is 2.68. The number of hydrogen-bond acceptors (Lipinski definition) is 3. The van der Waals surface area contributed by atoms with Gasteiger partial charge in [0, 0.05) is 12.5 Å². The molecule has 1 aliphatic carbocycles. The van der Waals surface area contributed by atoms with Crippen molar-refractivity contribution in [2.24, 2.45) is 11.1 Å². The van der Waals surface area contributed by atoms with Crippen molar-refractivity contribution < 1.29 is 9.23 Å². The first-order valence-corrected chi connectivity index (χ1v) is 10.9. The lowest BCUT2D eigenvalue weighted by molar-refractivity contribution is 0.124. The van der Waals surface area contributed by atoms with E-state index in [1.54, 1.807) is 0 Å². The Labute approximate surface area is 170 Å². The van der Waals surface area contributed by atoms with Crippen LogP contribution in [0.2, 0.25) is 0 Å². The number of halogens is 1. The summed E-state index contributed by atoms with van der Waals surface area (Å²) in [5, 5.41) is 4.59. The molecule has 1 aliphatic rings. The van der Waals surface area contributed by atoms with Crippen LogP contribution in [0.1, 0.15) is 70.3 Å². The third kappa shape index (κ3) is 8.14. The van der Waals surface area contributed by atoms with Gasteiger partial charge in [0.15, 0.2) is 0 Å². The Morgan fingerprint density at radius 3 is 2.61 bits per heavy atom. The standard InChI is InChI=1S/C24H37FN2O/c1-4-5-6-7-8-10-21-11-9-12-22(19-20-13-15-23(25)16-14-20)24(21)26-28-18-17-27(2)3/h13-16,19,21H,4-12,17-18H2,1-3H3/b22-19+,26-24+. The Kier molecular flexibility index (Phi) is 10.3. The van der Waals surface area contributed by atoms with Gasteiger partial charge in [0.05, 0.1) is 5.71 Å². The van der Waals surface area contributed by atoms with Gasteiger partial charge < -0.3 is 9.74 Å². The Morgan fingerprint density at radius 2 is 1.89 bits per heavy atom. The van der Waals surface area contributed by atoms with Gasteiger partial charge in [0.25, 0.3) is 0 Å². The molecule has 156 valence electrons. The highest BCUT2D eigenvalue weighted by molar-refractivity contribution is 6.05. The Bertz CT molecular complexity index is 622. The maximum Gasteiger partial charge on any atom is 0.129 e. The highest BCUT2D eigenvalue weighted by Crippen LogP contribution is 2.31. The molecule has 3 nitrogen and oxygen atoms in total. The molecule has 1 atom stereocenters. The molecule has 0 radical (unpaired) electrons. The molecule has 0 aliphatic heterocycles. The summed E-state index contributed by atoms with van der Waals surface area (Å²) in [6.07, 6.45) is 13.2. The van der Waals surface area contributed by atoms with Crippen molar-refractivity contribution in [3.05, 3.63) is 41.2 Å². The molecule has 0 aromatic heterocycles. The van der Waals surface area contributed by atoms with Crippen molar-refractivity contribution in [3.8, 4) is 0 Å². The second kappa shape index (κ2) is 12.7. The van der Waals surface area contributed by atoms with Gasteiger partial charge in [-0.25, -0.2) is 4.39 Å². The van der Waals surface area contributed by atoms with Crippen LogP contribution in [0.15, 0.2) is 35.0 Å². The van der Waals surface area contributed by atoms with E-state index in [1.807, 2.05) is 26.2 Å². The number of hydrogen-bond donors (Lipinski definition) is 0. The van der Waals surface area contributed by atoms with Crippen LogP contribution in [0.25, 0.3) is 6.08 Å². The Morgan fingerprint density at radius 1 is 1.14 bits per heavy atom. The van der Waals surface area contributed by atoms with Gasteiger partial charge >= 0.3 is 0 Å². The molecule has 28 heavy (non-hydrogen) atoms. The molecule has 0 bridgehead atoms. The summed E-state index contributed by atoms with van der Waals surface area (Å²) in [7, 11) is 4.08. The third-order valence-electron chi connectivity index (χ3n) is 5.37. The fraction of sp³-hybridized carbons (Fsp3) is 0.625. The number of benzene rings is 1. The lowest BCUT2D eigenvalue weighted by Crippen LogP contribution is -2.23. The lowest BCUT2D eigenvalue weighted by Gasteiger charge is -2.26. The average molecular weight is 389 g/mol. The summed E-state index contributed by atoms with van der Waals surface area (Å²) in [5.41, 5.74) is 3.40. The van der Waals surface area contributed by atoms with Crippen molar-refractivity contribution in [2.75, 3.05) is 27.2 Å². The van der Waals surface area contributed by atoms with Crippen LogP contribution in [0.3, 0.4) is 0 Å². The Balaban J connectivity index is 2.08. The topological polar surface area (TPSA) is 24.8 Å². The fourth-order valence-electron chi connectivity index (χ4n) is 3.72. The van der Waals surface area contributed by atoms with E-state index in [0.717, 1.165) is 24.2 Å². The molecule has 1 saturated carbocycles. The summed E-state index contributed by atoms with van der Waals surface area (Å²) in [4.78, 5) is 7.79. The van der Waals surface area contributed by atoms with Crippen LogP contribution < -0.4 is 0 Å². The fourth-order valence-corrected chi connectivity index (χ4v) is 3.72. The quantitative estimate of drug-likeness (QED) is 0.328. The molecule has 0 spiro atoms. The van der Waals surface area contributed by atoms with Crippen molar-refractivity contribution in [1.29, 1.82) is 0 Å². The summed E-state index contributed by atoms with van der Waals surface area (Å²) >= 11 is 0. The van der Waals surface area contributed by atoms with Gasteiger partial charge in [-0.2, -0.15) is 0 Å². The van der Waals surface area contributed by atoms with Gasteiger partial charge in [0.2, 0.25) is 0 Å². The highest BCUT2D eigenvalue weighted by Gasteiger charge is 2.25. The summed E-state index contributed by atoms with van der Waals surface area (Å²) < 4.78 is 13.2. The first-order valence-electron chi connectivity index (χ1n) is 10.9. The number of unbranched alkanes of at least 4 members (excludes halogenated alkanes) is 4. The van der Waals surface area contributed by atoms with E-state index in [9.17, 15) is 4.39 Å². The molecule has 1 aromatic rings. The SMILES string of the molecule is CCCCCCCC1CCCC(=C\c2ccc(F)cc2)/C1=N/OCCN(C)C. The number of likely N-dealkylation sites (N-methyl/N-ethyl adjacent to an activating group) is 1. The molecular formula is C24H37FN2O. The zero-order chi connectivity index (χ0) is 20.2. The van der Waals surface area contributed by atoms with Crippen LogP contribution in [-0.4, -0.2) is 37.9 Å². The largest absolute Gasteiger partial charge is 0.394 e. The molecule has 1 aromatic carbocycles. The van der Waals surface area contributed by atoms with Crippen molar-refractivity contribution in [3.63, 3.8) is 0 Å². The molecule has 0 N–H and O–H groups in total. The van der Waals surface area contributed by atoms with Gasteiger partial charge in [-0.3, -0.25) is 0 Å². The Hall–Kier alpha value is -1.68. The lowest BCUT2D eigenvalue weighted by atomic mass is 9.80. The predicted octanol–water partition coefficient (Wildman–Crippen LogP) is 6.30. The van der Waals surface area contributed by atoms with E-state index in [2.05, 4.69) is 23.1 Å². The first-order chi connectivity index (χ1) is 13.6. The maximum atomic E-state index is 13.2. The van der Waals surface area contributed by atoms with Gasteiger partial charge in [-0.05, 0) is 69.1 Å². The maximum absolute atomic E-state index is 13.2. The molecule has 4 heteroatoms. The normalized spacial score (nSPS) is 20.2. The van der Waals surface area contributed by atoms with Crippen LogP contribution >= 0.6 is 0 Å². The van der Waals surface area contributed by atoms with Crippen molar-refractivity contribution in [2.45, 2.75) is 64.7 Å². The van der Waals surface area contributed by atoms with Gasteiger partial charge in [0.1, 0.15) is 12.4 Å². The van der Waals surface area contributed by atoms with Crippen LogP contribution in [0.4, 0.5) is 4.39 Å². The first kappa shape index (κ1) is 22.6. The van der Waals surface area contributed by atoms with Crippen molar-refractivity contribution in [1.82, 2.24) is 4.90 Å². The third-order valence-corrected chi connectivity index (χ3v) is 5.37. The van der Waals surface area contributed by atoms with E-state index < -0.39 is 0 Å². The molecule has 0 saturated heterocycles. The van der Waals surface area contributed by atoms with E-state index >= 15 is 0 Å². The van der Waals surface area contributed by atoms with Crippen LogP contribution in [-0.2, 0) is 4.84 Å². The molecule has 2 rings (SSSR count). The molecule has 1 fully saturated rings. The second-order valence-electron chi connectivity index (χ2n) is 8.13. The molecule has 0 amide bonds. The van der Waals surface area contributed by atoms with Crippen LogP contribution in [0.5, 0.6) is 0 Å². The number of allylic oxidation sites excluding steroid dienone is 1. The second-order valence-corrected chi connectivity index (χ2v) is 8.13. The summed E-state index contributed by atoms with van der Waals surface area (Å²) in [6, 6.07) is 6.71. The van der Waals surface area contributed by atoms with E-state index in [0.29, 0.717) is 12.5 Å². The highest BCUT2D eigenvalue weighted by atomic mass is 19.1.